The van der Waals surface area contributed by atoms with Crippen LogP contribution < -0.4 is 14.2 Å². The number of aliphatic hydroxyl groups is 2. The van der Waals surface area contributed by atoms with Crippen LogP contribution in [0.5, 0.6) is 17.2 Å². The molecule has 1 fully saturated rings. The van der Waals surface area contributed by atoms with E-state index in [9.17, 15) is 10.2 Å². The molecule has 2 aliphatic rings. The Kier molecular flexibility index (Phi) is 4.95. The zero-order valence-corrected chi connectivity index (χ0v) is 15.4. The number of rotatable bonds is 5. The van der Waals surface area contributed by atoms with Gasteiger partial charge in [0.25, 0.3) is 0 Å². The quantitative estimate of drug-likeness (QED) is 0.841. The van der Waals surface area contributed by atoms with Crippen molar-refractivity contribution in [1.29, 1.82) is 0 Å². The van der Waals surface area contributed by atoms with Crippen LogP contribution in [0.15, 0.2) is 42.5 Å². The molecule has 0 bridgehead atoms. The molecule has 2 aromatic carbocycles. The van der Waals surface area contributed by atoms with E-state index < -0.39 is 11.7 Å². The lowest BCUT2D eigenvalue weighted by molar-refractivity contribution is -0.0345. The normalized spacial score (nSPS) is 19.7. The van der Waals surface area contributed by atoms with Gasteiger partial charge in [0.1, 0.15) is 5.75 Å². The van der Waals surface area contributed by atoms with Crippen molar-refractivity contribution < 1.29 is 24.4 Å². The van der Waals surface area contributed by atoms with Gasteiger partial charge < -0.3 is 29.3 Å². The van der Waals surface area contributed by atoms with E-state index in [1.54, 1.807) is 7.11 Å². The molecule has 0 aromatic heterocycles. The number of hydrogen-bond donors (Lipinski definition) is 2. The summed E-state index contributed by atoms with van der Waals surface area (Å²) in [5, 5.41) is 21.6. The Balaban J connectivity index is 1.36. The van der Waals surface area contributed by atoms with Crippen molar-refractivity contribution in [3.8, 4) is 17.2 Å². The molecule has 1 atom stereocenters. The van der Waals surface area contributed by atoms with Crippen molar-refractivity contribution in [2.24, 2.45) is 0 Å². The van der Waals surface area contributed by atoms with Crippen molar-refractivity contribution >= 4 is 0 Å². The second-order valence-corrected chi connectivity index (χ2v) is 7.19. The van der Waals surface area contributed by atoms with Gasteiger partial charge in [-0.05, 0) is 48.2 Å². The highest BCUT2D eigenvalue weighted by Crippen LogP contribution is 2.39. The molecule has 0 radical (unpaired) electrons. The third kappa shape index (κ3) is 3.74. The standard InChI is InChI=1S/C21H25NO5/c1-25-17-5-2-15(3-6-17)18(23)13-22-10-8-21(24,9-11-22)16-4-7-19-20(12-16)27-14-26-19/h2-7,12,18,23-24H,8-11,13-14H2,1H3/t18-/m0/s1. The molecule has 0 amide bonds. The highest BCUT2D eigenvalue weighted by Gasteiger charge is 2.35. The number of likely N-dealkylation sites (tertiary alicyclic amines) is 1. The van der Waals surface area contributed by atoms with E-state index in [0.29, 0.717) is 25.1 Å². The topological polar surface area (TPSA) is 71.4 Å². The minimum absolute atomic E-state index is 0.230. The number of ether oxygens (including phenoxy) is 3. The molecule has 6 heteroatoms. The van der Waals surface area contributed by atoms with E-state index in [1.165, 1.54) is 0 Å². The summed E-state index contributed by atoms with van der Waals surface area (Å²) in [5.41, 5.74) is 0.859. The van der Waals surface area contributed by atoms with Crippen LogP contribution in [0.3, 0.4) is 0 Å². The third-order valence-corrected chi connectivity index (χ3v) is 5.52. The molecule has 2 N–H and O–H groups in total. The number of nitrogens with zero attached hydrogens (tertiary/aromatic N) is 1. The van der Waals surface area contributed by atoms with Crippen LogP contribution in [0.25, 0.3) is 0 Å². The molecule has 2 heterocycles. The molecule has 0 saturated carbocycles. The fourth-order valence-corrected chi connectivity index (χ4v) is 3.76. The largest absolute Gasteiger partial charge is 0.497 e. The first-order valence-electron chi connectivity index (χ1n) is 9.24. The summed E-state index contributed by atoms with van der Waals surface area (Å²) in [4.78, 5) is 2.19. The lowest BCUT2D eigenvalue weighted by Gasteiger charge is -2.39. The van der Waals surface area contributed by atoms with Crippen molar-refractivity contribution in [1.82, 2.24) is 4.90 Å². The Labute approximate surface area is 158 Å². The monoisotopic (exact) mass is 371 g/mol. The summed E-state index contributed by atoms with van der Waals surface area (Å²) in [5.74, 6) is 2.19. The molecule has 4 rings (SSSR count). The molecule has 2 aromatic rings. The highest BCUT2D eigenvalue weighted by molar-refractivity contribution is 5.46. The third-order valence-electron chi connectivity index (χ3n) is 5.52. The number of hydrogen-bond acceptors (Lipinski definition) is 6. The van der Waals surface area contributed by atoms with E-state index in [-0.39, 0.29) is 6.79 Å². The summed E-state index contributed by atoms with van der Waals surface area (Å²) < 4.78 is 15.9. The number of benzene rings is 2. The maximum absolute atomic E-state index is 11.1. The lowest BCUT2D eigenvalue weighted by Crippen LogP contribution is -2.43. The smallest absolute Gasteiger partial charge is 0.231 e. The molecule has 144 valence electrons. The van der Waals surface area contributed by atoms with Gasteiger partial charge in [-0.3, -0.25) is 0 Å². The first kappa shape index (κ1) is 18.1. The van der Waals surface area contributed by atoms with Gasteiger partial charge in [-0.15, -0.1) is 0 Å². The fraction of sp³-hybridized carbons (Fsp3) is 0.429. The van der Waals surface area contributed by atoms with E-state index in [1.807, 2.05) is 42.5 Å². The van der Waals surface area contributed by atoms with Crippen molar-refractivity contribution in [3.05, 3.63) is 53.6 Å². The molecule has 27 heavy (non-hydrogen) atoms. The van der Waals surface area contributed by atoms with Crippen molar-refractivity contribution in [2.75, 3.05) is 33.5 Å². The first-order valence-corrected chi connectivity index (χ1v) is 9.24. The number of β-amino-alcohol motifs (C(OH)–C–C–N with tert-alkyl or cyclic N) is 1. The Morgan fingerprint density at radius 3 is 2.48 bits per heavy atom. The molecule has 6 nitrogen and oxygen atoms in total. The maximum atomic E-state index is 11.1. The number of aliphatic hydroxyl groups excluding tert-OH is 1. The minimum Gasteiger partial charge on any atom is -0.497 e. The molecule has 0 spiro atoms. The average Bonchev–Trinajstić information content (AvgIpc) is 3.18. The fourth-order valence-electron chi connectivity index (χ4n) is 3.76. The number of methoxy groups -OCH3 is 1. The lowest BCUT2D eigenvalue weighted by atomic mass is 9.84. The predicted octanol–water partition coefficient (Wildman–Crippen LogP) is 2.44. The van der Waals surface area contributed by atoms with Crippen LogP contribution in [0.1, 0.15) is 30.1 Å². The summed E-state index contributed by atoms with van der Waals surface area (Å²) in [6.45, 7) is 2.22. The Morgan fingerprint density at radius 1 is 1.07 bits per heavy atom. The van der Waals surface area contributed by atoms with Gasteiger partial charge in [0, 0.05) is 19.6 Å². The van der Waals surface area contributed by atoms with Crippen LogP contribution in [0.4, 0.5) is 0 Å². The van der Waals surface area contributed by atoms with Gasteiger partial charge >= 0.3 is 0 Å². The molecular formula is C21H25NO5. The molecule has 1 saturated heterocycles. The van der Waals surface area contributed by atoms with Gasteiger partial charge in [0.15, 0.2) is 11.5 Å². The van der Waals surface area contributed by atoms with Crippen LogP contribution in [0.2, 0.25) is 0 Å². The Bertz CT molecular complexity index is 784. The number of fused-ring (bicyclic) bond motifs is 1. The van der Waals surface area contributed by atoms with Crippen LogP contribution in [0, 0.1) is 0 Å². The Morgan fingerprint density at radius 2 is 1.78 bits per heavy atom. The summed E-state index contributed by atoms with van der Waals surface area (Å²) in [6, 6.07) is 13.1. The zero-order valence-electron chi connectivity index (χ0n) is 15.4. The molecule has 0 aliphatic carbocycles. The molecular weight excluding hydrogens is 346 g/mol. The van der Waals surface area contributed by atoms with E-state index >= 15 is 0 Å². The van der Waals surface area contributed by atoms with E-state index in [2.05, 4.69) is 4.90 Å². The summed E-state index contributed by atoms with van der Waals surface area (Å²) in [6.07, 6.45) is 0.664. The molecule has 2 aliphatic heterocycles. The highest BCUT2D eigenvalue weighted by atomic mass is 16.7. The minimum atomic E-state index is -0.872. The van der Waals surface area contributed by atoms with Gasteiger partial charge in [0.2, 0.25) is 6.79 Å². The van der Waals surface area contributed by atoms with Gasteiger partial charge in [0.05, 0.1) is 18.8 Å². The van der Waals surface area contributed by atoms with E-state index in [0.717, 1.165) is 35.7 Å². The van der Waals surface area contributed by atoms with E-state index in [4.69, 9.17) is 14.2 Å². The SMILES string of the molecule is COc1ccc([C@@H](O)CN2CCC(O)(c3ccc4c(c3)OCO4)CC2)cc1. The molecule has 0 unspecified atom stereocenters. The predicted molar refractivity (Wildman–Crippen MR) is 100 cm³/mol. The van der Waals surface area contributed by atoms with Gasteiger partial charge in [-0.1, -0.05) is 18.2 Å². The van der Waals surface area contributed by atoms with Gasteiger partial charge in [-0.25, -0.2) is 0 Å². The maximum Gasteiger partial charge on any atom is 0.231 e. The van der Waals surface area contributed by atoms with Crippen LogP contribution >= 0.6 is 0 Å². The number of piperidine rings is 1. The van der Waals surface area contributed by atoms with Crippen LogP contribution in [-0.2, 0) is 5.60 Å². The first-order chi connectivity index (χ1) is 13.1. The summed E-state index contributed by atoms with van der Waals surface area (Å²) >= 11 is 0. The Hall–Kier alpha value is -2.28. The average molecular weight is 371 g/mol. The van der Waals surface area contributed by atoms with Crippen molar-refractivity contribution in [2.45, 2.75) is 24.5 Å². The second-order valence-electron chi connectivity index (χ2n) is 7.19. The summed E-state index contributed by atoms with van der Waals surface area (Å²) in [7, 11) is 1.63. The second kappa shape index (κ2) is 7.38. The van der Waals surface area contributed by atoms with Crippen molar-refractivity contribution in [3.63, 3.8) is 0 Å². The zero-order chi connectivity index (χ0) is 18.9. The van der Waals surface area contributed by atoms with Gasteiger partial charge in [-0.2, -0.15) is 0 Å². The van der Waals surface area contributed by atoms with Crippen LogP contribution in [-0.4, -0.2) is 48.6 Å².